The van der Waals surface area contributed by atoms with Crippen molar-refractivity contribution in [3.8, 4) is 0 Å². The minimum absolute atomic E-state index is 0.0772. The van der Waals surface area contributed by atoms with Crippen LogP contribution < -0.4 is 5.32 Å². The van der Waals surface area contributed by atoms with Crippen molar-refractivity contribution in [3.05, 3.63) is 23.8 Å². The molecule has 2 aliphatic rings. The molecule has 1 saturated carbocycles. The van der Waals surface area contributed by atoms with Crippen LogP contribution in [0.4, 0.5) is 4.79 Å². The second kappa shape index (κ2) is 6.46. The maximum absolute atomic E-state index is 12.5. The second-order valence-electron chi connectivity index (χ2n) is 7.54. The number of hydrogen-bond acceptors (Lipinski definition) is 3. The monoisotopic (exact) mass is 316 g/mol. The number of nitrogens with zero attached hydrogens (tertiary/aromatic N) is 3. The quantitative estimate of drug-likeness (QED) is 0.929. The van der Waals surface area contributed by atoms with Crippen molar-refractivity contribution in [1.29, 1.82) is 0 Å². The van der Waals surface area contributed by atoms with Crippen molar-refractivity contribution in [1.82, 2.24) is 20.2 Å². The van der Waals surface area contributed by atoms with Crippen LogP contribution in [0.5, 0.6) is 0 Å². The number of amides is 2. The van der Waals surface area contributed by atoms with Crippen LogP contribution in [-0.4, -0.2) is 40.0 Å². The molecule has 0 aromatic carbocycles. The zero-order valence-corrected chi connectivity index (χ0v) is 14.5. The van der Waals surface area contributed by atoms with Gasteiger partial charge in [0.2, 0.25) is 0 Å². The summed E-state index contributed by atoms with van der Waals surface area (Å²) in [7, 11) is 0. The van der Waals surface area contributed by atoms with Crippen molar-refractivity contribution >= 4 is 6.03 Å². The van der Waals surface area contributed by atoms with Crippen molar-refractivity contribution in [3.63, 3.8) is 0 Å². The number of urea groups is 1. The third kappa shape index (κ3) is 3.19. The molecule has 1 aliphatic heterocycles. The predicted molar refractivity (Wildman–Crippen MR) is 90.1 cm³/mol. The van der Waals surface area contributed by atoms with Gasteiger partial charge in [0.25, 0.3) is 0 Å². The third-order valence-corrected chi connectivity index (χ3v) is 5.40. The van der Waals surface area contributed by atoms with Gasteiger partial charge in [-0.1, -0.05) is 26.7 Å². The highest BCUT2D eigenvalue weighted by molar-refractivity contribution is 5.76. The fourth-order valence-corrected chi connectivity index (χ4v) is 4.48. The van der Waals surface area contributed by atoms with E-state index in [-0.39, 0.29) is 6.03 Å². The largest absolute Gasteiger partial charge is 0.338 e. The zero-order valence-electron chi connectivity index (χ0n) is 14.5. The fraction of sp³-hybridized carbons (Fsp3) is 0.722. The van der Waals surface area contributed by atoms with E-state index < -0.39 is 0 Å². The van der Waals surface area contributed by atoms with Crippen LogP contribution in [0.3, 0.4) is 0 Å². The molecule has 0 radical (unpaired) electrons. The Morgan fingerprint density at radius 1 is 1.35 bits per heavy atom. The summed E-state index contributed by atoms with van der Waals surface area (Å²) in [5, 5.41) is 3.05. The molecule has 2 fully saturated rings. The van der Waals surface area contributed by atoms with Crippen LogP contribution >= 0.6 is 0 Å². The van der Waals surface area contributed by atoms with Crippen molar-refractivity contribution < 1.29 is 4.79 Å². The SMILES string of the molecule is Cc1cnc(CCNC(=O)N2CC3(CCCC3)[C@@H]2C(C)C)nc1. The van der Waals surface area contributed by atoms with Gasteiger partial charge in [-0.2, -0.15) is 0 Å². The number of aromatic nitrogens is 2. The molecule has 23 heavy (non-hydrogen) atoms. The summed E-state index contributed by atoms with van der Waals surface area (Å²) in [6.45, 7) is 7.98. The van der Waals surface area contributed by atoms with Gasteiger partial charge in [-0.25, -0.2) is 14.8 Å². The van der Waals surface area contributed by atoms with Crippen LogP contribution in [0, 0.1) is 18.3 Å². The van der Waals surface area contributed by atoms with E-state index in [4.69, 9.17) is 0 Å². The number of carbonyl (C=O) groups is 1. The molecule has 3 rings (SSSR count). The van der Waals surface area contributed by atoms with Gasteiger partial charge < -0.3 is 10.2 Å². The van der Waals surface area contributed by atoms with Gasteiger partial charge in [-0.15, -0.1) is 0 Å². The molecular formula is C18H28N4O. The lowest BCUT2D eigenvalue weighted by Gasteiger charge is -2.58. The Hall–Kier alpha value is -1.65. The molecule has 5 heteroatoms. The van der Waals surface area contributed by atoms with E-state index in [0.717, 1.165) is 17.9 Å². The van der Waals surface area contributed by atoms with Gasteiger partial charge in [-0.05, 0) is 31.2 Å². The smallest absolute Gasteiger partial charge is 0.317 e. The van der Waals surface area contributed by atoms with Crippen LogP contribution in [-0.2, 0) is 6.42 Å². The normalized spacial score (nSPS) is 22.4. The van der Waals surface area contributed by atoms with E-state index in [1.807, 2.05) is 24.2 Å². The molecule has 1 saturated heterocycles. The predicted octanol–water partition coefficient (Wildman–Crippen LogP) is 2.94. The number of aryl methyl sites for hydroxylation is 1. The first-order valence-corrected chi connectivity index (χ1v) is 8.84. The van der Waals surface area contributed by atoms with E-state index in [9.17, 15) is 4.79 Å². The summed E-state index contributed by atoms with van der Waals surface area (Å²) in [4.78, 5) is 23.1. The minimum Gasteiger partial charge on any atom is -0.338 e. The Morgan fingerprint density at radius 2 is 2.00 bits per heavy atom. The van der Waals surface area contributed by atoms with E-state index in [1.54, 1.807) is 0 Å². The summed E-state index contributed by atoms with van der Waals surface area (Å²) in [5.74, 6) is 1.31. The Bertz CT molecular complexity index is 549. The standard InChI is InChI=1S/C18H28N4O/c1-13(2)16-18(7-4-5-8-18)12-22(16)17(23)19-9-6-15-20-10-14(3)11-21-15/h10-11,13,16H,4-9,12H2,1-3H3,(H,19,23)/t16-/m0/s1. The molecule has 1 aromatic heterocycles. The number of hydrogen-bond donors (Lipinski definition) is 1. The Morgan fingerprint density at radius 3 is 2.61 bits per heavy atom. The van der Waals surface area contributed by atoms with Crippen LogP contribution in [0.2, 0.25) is 0 Å². The molecule has 1 aromatic rings. The first-order chi connectivity index (χ1) is 11.0. The molecule has 1 spiro atoms. The number of rotatable bonds is 4. The minimum atomic E-state index is 0.0772. The molecule has 0 bridgehead atoms. The number of nitrogens with one attached hydrogen (secondary N) is 1. The summed E-state index contributed by atoms with van der Waals surface area (Å²) in [5.41, 5.74) is 1.46. The van der Waals surface area contributed by atoms with Gasteiger partial charge in [0.05, 0.1) is 0 Å². The molecule has 5 nitrogen and oxygen atoms in total. The maximum atomic E-state index is 12.5. The summed E-state index contributed by atoms with van der Waals surface area (Å²) in [6.07, 6.45) is 9.54. The van der Waals surface area contributed by atoms with Gasteiger partial charge in [0.1, 0.15) is 5.82 Å². The Labute approximate surface area is 138 Å². The van der Waals surface area contributed by atoms with E-state index in [2.05, 4.69) is 29.1 Å². The third-order valence-electron chi connectivity index (χ3n) is 5.40. The first kappa shape index (κ1) is 16.2. The molecule has 1 aliphatic carbocycles. The van der Waals surface area contributed by atoms with Gasteiger partial charge in [0.15, 0.2) is 0 Å². The highest BCUT2D eigenvalue weighted by Gasteiger charge is 2.56. The van der Waals surface area contributed by atoms with Crippen LogP contribution in [0.15, 0.2) is 12.4 Å². The molecular weight excluding hydrogens is 288 g/mol. The average molecular weight is 316 g/mol. The molecule has 2 amide bonds. The Balaban J connectivity index is 1.51. The number of likely N-dealkylation sites (tertiary alicyclic amines) is 1. The Kier molecular flexibility index (Phi) is 4.55. The van der Waals surface area contributed by atoms with Gasteiger partial charge in [-0.3, -0.25) is 0 Å². The lowest BCUT2D eigenvalue weighted by molar-refractivity contribution is -0.0614. The molecule has 1 N–H and O–H groups in total. The van der Waals surface area contributed by atoms with Crippen molar-refractivity contribution in [2.24, 2.45) is 11.3 Å². The molecule has 0 unspecified atom stereocenters. The molecule has 1 atom stereocenters. The van der Waals surface area contributed by atoms with Gasteiger partial charge >= 0.3 is 6.03 Å². The average Bonchev–Trinajstić information content (AvgIpc) is 2.97. The van der Waals surface area contributed by atoms with E-state index >= 15 is 0 Å². The summed E-state index contributed by atoms with van der Waals surface area (Å²) >= 11 is 0. The van der Waals surface area contributed by atoms with Crippen LogP contribution in [0.25, 0.3) is 0 Å². The van der Waals surface area contributed by atoms with E-state index in [0.29, 0.717) is 30.3 Å². The zero-order chi connectivity index (χ0) is 16.4. The highest BCUT2D eigenvalue weighted by atomic mass is 16.2. The summed E-state index contributed by atoms with van der Waals surface area (Å²) < 4.78 is 0. The first-order valence-electron chi connectivity index (χ1n) is 8.84. The molecule has 2 heterocycles. The number of carbonyl (C=O) groups excluding carboxylic acids is 1. The lowest BCUT2D eigenvalue weighted by atomic mass is 9.66. The topological polar surface area (TPSA) is 58.1 Å². The summed E-state index contributed by atoms with van der Waals surface area (Å²) in [6, 6.07) is 0.481. The van der Waals surface area contributed by atoms with Crippen LogP contribution in [0.1, 0.15) is 50.9 Å². The highest BCUT2D eigenvalue weighted by Crippen LogP contribution is 2.52. The second-order valence-corrected chi connectivity index (χ2v) is 7.54. The van der Waals surface area contributed by atoms with Gasteiger partial charge in [0, 0.05) is 43.4 Å². The molecule has 126 valence electrons. The van der Waals surface area contributed by atoms with Crippen molar-refractivity contribution in [2.75, 3.05) is 13.1 Å². The maximum Gasteiger partial charge on any atom is 0.317 e. The fourth-order valence-electron chi connectivity index (χ4n) is 4.48. The lowest BCUT2D eigenvalue weighted by Crippen LogP contribution is -2.69. The van der Waals surface area contributed by atoms with E-state index in [1.165, 1.54) is 25.7 Å². The van der Waals surface area contributed by atoms with Crippen molar-refractivity contribution in [2.45, 2.75) is 58.9 Å².